The average Bonchev–Trinajstić information content (AvgIpc) is 2.66. The molecule has 0 unspecified atom stereocenters. The molecule has 0 aliphatic carbocycles. The number of nitrogens with one attached hydrogen (secondary N) is 3. The van der Waals surface area contributed by atoms with E-state index in [2.05, 4.69) is 27.3 Å². The summed E-state index contributed by atoms with van der Waals surface area (Å²) in [5.41, 5.74) is 1.78. The molecule has 0 aromatic heterocycles. The Balaban J connectivity index is 0.00000729. The van der Waals surface area contributed by atoms with Gasteiger partial charge in [0.25, 0.3) is 0 Å². The first-order valence-corrected chi connectivity index (χ1v) is 11.2. The molecule has 0 atom stereocenters. The molecule has 0 saturated carbocycles. The lowest BCUT2D eigenvalue weighted by molar-refractivity contribution is 0.129. The number of rotatable bonds is 13. The molecule has 0 heterocycles. The Bertz CT molecular complexity index is 652. The van der Waals surface area contributed by atoms with Crippen molar-refractivity contribution < 1.29 is 13.2 Å². The first-order valence-electron chi connectivity index (χ1n) is 9.59. The van der Waals surface area contributed by atoms with Crippen molar-refractivity contribution in [3.8, 4) is 0 Å². The zero-order valence-electron chi connectivity index (χ0n) is 17.2. The van der Waals surface area contributed by atoms with Crippen LogP contribution in [-0.4, -0.2) is 47.7 Å². The van der Waals surface area contributed by atoms with Gasteiger partial charge in [-0.3, -0.25) is 0 Å². The fourth-order valence-corrected chi connectivity index (χ4v) is 3.05. The standard InChI is InChI=1S/C19H34N4O3S.HI/c1-4-6-13-26-14-7-12-22-19(21-5-2)23-15-17-8-10-18(11-9-17)16-27(24,25)20-3;/h8-11,20H,4-7,12-16H2,1-3H3,(H2,21,22,23);1H. The van der Waals surface area contributed by atoms with Crippen molar-refractivity contribution in [1.29, 1.82) is 0 Å². The first kappa shape index (κ1) is 27.1. The van der Waals surface area contributed by atoms with E-state index in [4.69, 9.17) is 4.74 Å². The summed E-state index contributed by atoms with van der Waals surface area (Å²) < 4.78 is 31.0. The number of nitrogens with zero attached hydrogens (tertiary/aromatic N) is 1. The maximum atomic E-state index is 11.6. The smallest absolute Gasteiger partial charge is 0.215 e. The highest BCUT2D eigenvalue weighted by atomic mass is 127. The maximum absolute atomic E-state index is 11.6. The lowest BCUT2D eigenvalue weighted by Gasteiger charge is -2.11. The van der Waals surface area contributed by atoms with Crippen molar-refractivity contribution in [2.24, 2.45) is 4.99 Å². The van der Waals surface area contributed by atoms with Gasteiger partial charge in [-0.25, -0.2) is 18.1 Å². The van der Waals surface area contributed by atoms with Crippen LogP contribution in [-0.2, 0) is 27.1 Å². The molecule has 1 rings (SSSR count). The second-order valence-corrected chi connectivity index (χ2v) is 8.15. The van der Waals surface area contributed by atoms with E-state index < -0.39 is 10.0 Å². The van der Waals surface area contributed by atoms with Gasteiger partial charge in [0.1, 0.15) is 0 Å². The van der Waals surface area contributed by atoms with E-state index in [1.54, 1.807) is 0 Å². The number of ether oxygens (including phenoxy) is 1. The van der Waals surface area contributed by atoms with Crippen molar-refractivity contribution in [3.05, 3.63) is 35.4 Å². The Labute approximate surface area is 187 Å². The minimum atomic E-state index is -3.25. The highest BCUT2D eigenvalue weighted by molar-refractivity contribution is 14.0. The van der Waals surface area contributed by atoms with Crippen LogP contribution in [0.5, 0.6) is 0 Å². The van der Waals surface area contributed by atoms with Crippen molar-refractivity contribution in [3.63, 3.8) is 0 Å². The van der Waals surface area contributed by atoms with Crippen LogP contribution in [0.15, 0.2) is 29.3 Å². The summed E-state index contributed by atoms with van der Waals surface area (Å²) in [5, 5.41) is 6.53. The molecular weight excluding hydrogens is 491 g/mol. The summed E-state index contributed by atoms with van der Waals surface area (Å²) in [6, 6.07) is 7.48. The SMILES string of the molecule is CCCCOCCCNC(=NCc1ccc(CS(=O)(=O)NC)cc1)NCC.I. The number of guanidine groups is 1. The summed E-state index contributed by atoms with van der Waals surface area (Å²) >= 11 is 0. The van der Waals surface area contributed by atoms with E-state index in [1.807, 2.05) is 31.2 Å². The van der Waals surface area contributed by atoms with Crippen LogP contribution in [0.3, 0.4) is 0 Å². The van der Waals surface area contributed by atoms with Crippen molar-refractivity contribution in [2.45, 2.75) is 45.4 Å². The molecule has 0 radical (unpaired) electrons. The number of halogens is 1. The molecular formula is C19H35IN4O3S. The van der Waals surface area contributed by atoms with Gasteiger partial charge >= 0.3 is 0 Å². The molecule has 0 spiro atoms. The van der Waals surface area contributed by atoms with Gasteiger partial charge in [-0.05, 0) is 37.9 Å². The normalized spacial score (nSPS) is 11.8. The van der Waals surface area contributed by atoms with Crippen LogP contribution in [0.1, 0.15) is 44.2 Å². The fraction of sp³-hybridized carbons (Fsp3) is 0.632. The molecule has 0 amide bonds. The quantitative estimate of drug-likeness (QED) is 0.159. The summed E-state index contributed by atoms with van der Waals surface area (Å²) in [6.07, 6.45) is 3.20. The Morgan fingerprint density at radius 3 is 2.29 bits per heavy atom. The third-order valence-electron chi connectivity index (χ3n) is 3.85. The first-order chi connectivity index (χ1) is 13.0. The number of benzene rings is 1. The Morgan fingerprint density at radius 1 is 1.04 bits per heavy atom. The molecule has 3 N–H and O–H groups in total. The Hall–Kier alpha value is -0.910. The zero-order chi connectivity index (χ0) is 20.0. The van der Waals surface area contributed by atoms with Gasteiger partial charge in [-0.2, -0.15) is 0 Å². The van der Waals surface area contributed by atoms with Gasteiger partial charge in [0.05, 0.1) is 12.3 Å². The zero-order valence-corrected chi connectivity index (χ0v) is 20.3. The predicted molar refractivity (Wildman–Crippen MR) is 127 cm³/mol. The molecule has 0 aliphatic rings. The highest BCUT2D eigenvalue weighted by Gasteiger charge is 2.08. The molecule has 162 valence electrons. The van der Waals surface area contributed by atoms with E-state index in [0.29, 0.717) is 6.54 Å². The minimum Gasteiger partial charge on any atom is -0.381 e. The van der Waals surface area contributed by atoms with E-state index in [1.165, 1.54) is 7.05 Å². The van der Waals surface area contributed by atoms with Gasteiger partial charge in [0.2, 0.25) is 10.0 Å². The fourth-order valence-electron chi connectivity index (χ4n) is 2.27. The molecule has 0 aliphatic heterocycles. The summed E-state index contributed by atoms with van der Waals surface area (Å²) in [4.78, 5) is 4.57. The molecule has 0 saturated heterocycles. The van der Waals surface area contributed by atoms with Crippen LogP contribution < -0.4 is 15.4 Å². The number of aliphatic imine (C=N–C) groups is 1. The second kappa shape index (κ2) is 15.9. The van der Waals surface area contributed by atoms with Crippen LogP contribution in [0.25, 0.3) is 0 Å². The third-order valence-corrected chi connectivity index (χ3v) is 5.19. The molecule has 9 heteroatoms. The topological polar surface area (TPSA) is 91.8 Å². The van der Waals surface area contributed by atoms with E-state index >= 15 is 0 Å². The maximum Gasteiger partial charge on any atom is 0.215 e. The molecule has 1 aromatic rings. The van der Waals surface area contributed by atoms with Gasteiger partial charge in [0.15, 0.2) is 5.96 Å². The predicted octanol–water partition coefficient (Wildman–Crippen LogP) is 2.62. The van der Waals surface area contributed by atoms with Crippen LogP contribution in [0.4, 0.5) is 0 Å². The molecule has 7 nitrogen and oxygen atoms in total. The van der Waals surface area contributed by atoms with Gasteiger partial charge in [-0.1, -0.05) is 37.6 Å². The van der Waals surface area contributed by atoms with Gasteiger partial charge < -0.3 is 15.4 Å². The Kier molecular flexibility index (Phi) is 15.4. The lowest BCUT2D eigenvalue weighted by atomic mass is 10.1. The van der Waals surface area contributed by atoms with Gasteiger partial charge in [-0.15, -0.1) is 24.0 Å². The Morgan fingerprint density at radius 2 is 1.68 bits per heavy atom. The van der Waals surface area contributed by atoms with Crippen molar-refractivity contribution >= 4 is 40.0 Å². The van der Waals surface area contributed by atoms with Crippen LogP contribution in [0, 0.1) is 0 Å². The van der Waals surface area contributed by atoms with Crippen LogP contribution in [0.2, 0.25) is 0 Å². The van der Waals surface area contributed by atoms with Crippen molar-refractivity contribution in [1.82, 2.24) is 15.4 Å². The highest BCUT2D eigenvalue weighted by Crippen LogP contribution is 2.08. The summed E-state index contributed by atoms with van der Waals surface area (Å²) in [6.45, 7) is 7.89. The van der Waals surface area contributed by atoms with E-state index in [9.17, 15) is 8.42 Å². The number of unbranched alkanes of at least 4 members (excludes halogenated alkanes) is 1. The van der Waals surface area contributed by atoms with Gasteiger partial charge in [0, 0.05) is 26.3 Å². The third kappa shape index (κ3) is 12.5. The monoisotopic (exact) mass is 526 g/mol. The number of hydrogen-bond acceptors (Lipinski definition) is 4. The van der Waals surface area contributed by atoms with Crippen molar-refractivity contribution in [2.75, 3.05) is 33.4 Å². The molecule has 28 heavy (non-hydrogen) atoms. The molecule has 1 aromatic carbocycles. The number of sulfonamides is 1. The largest absolute Gasteiger partial charge is 0.381 e. The van der Waals surface area contributed by atoms with E-state index in [0.717, 1.165) is 62.7 Å². The lowest BCUT2D eigenvalue weighted by Crippen LogP contribution is -2.38. The number of hydrogen-bond donors (Lipinski definition) is 3. The summed E-state index contributed by atoms with van der Waals surface area (Å²) in [5.74, 6) is 0.755. The van der Waals surface area contributed by atoms with E-state index in [-0.39, 0.29) is 29.7 Å². The minimum absolute atomic E-state index is 0. The second-order valence-electron chi connectivity index (χ2n) is 6.22. The molecule has 0 fully saturated rings. The molecule has 0 bridgehead atoms. The summed E-state index contributed by atoms with van der Waals surface area (Å²) in [7, 11) is -1.83. The average molecular weight is 526 g/mol. The van der Waals surface area contributed by atoms with Crippen LogP contribution >= 0.6 is 24.0 Å².